The first-order chi connectivity index (χ1) is 11.3. The summed E-state index contributed by atoms with van der Waals surface area (Å²) in [6.45, 7) is 8.87. The van der Waals surface area contributed by atoms with E-state index >= 15 is 0 Å². The van der Waals surface area contributed by atoms with E-state index in [1.807, 2.05) is 12.1 Å². The molecule has 2 N–H and O–H groups in total. The zero-order chi connectivity index (χ0) is 17.9. The predicted octanol–water partition coefficient (Wildman–Crippen LogP) is 3.72. The van der Waals surface area contributed by atoms with Crippen LogP contribution < -0.4 is 10.6 Å². The molecule has 0 heterocycles. The molecule has 0 bridgehead atoms. The van der Waals surface area contributed by atoms with Crippen molar-refractivity contribution in [3.8, 4) is 0 Å². The second-order valence-corrected chi connectivity index (χ2v) is 7.10. The molecule has 1 aliphatic carbocycles. The summed E-state index contributed by atoms with van der Waals surface area (Å²) in [7, 11) is 1.32. The van der Waals surface area contributed by atoms with Crippen molar-refractivity contribution < 1.29 is 14.3 Å². The van der Waals surface area contributed by atoms with Crippen LogP contribution in [0.15, 0.2) is 35.9 Å². The summed E-state index contributed by atoms with van der Waals surface area (Å²) >= 11 is 0. The van der Waals surface area contributed by atoms with E-state index in [-0.39, 0.29) is 17.2 Å². The molecule has 0 radical (unpaired) electrons. The van der Waals surface area contributed by atoms with Crippen LogP contribution in [0.3, 0.4) is 0 Å². The quantitative estimate of drug-likeness (QED) is 0.809. The van der Waals surface area contributed by atoms with Crippen molar-refractivity contribution in [3.63, 3.8) is 0 Å². The number of rotatable bonds is 5. The minimum absolute atomic E-state index is 0.0235. The summed E-state index contributed by atoms with van der Waals surface area (Å²) in [5, 5.41) is 5.60. The summed E-state index contributed by atoms with van der Waals surface area (Å²) in [6.07, 6.45) is 1.69. The van der Waals surface area contributed by atoms with Crippen LogP contribution in [0.25, 0.3) is 0 Å². The lowest BCUT2D eigenvalue weighted by atomic mass is 10.1. The Labute approximate surface area is 143 Å². The van der Waals surface area contributed by atoms with Gasteiger partial charge in [-0.2, -0.15) is 0 Å². The Kier molecular flexibility index (Phi) is 5.32. The van der Waals surface area contributed by atoms with E-state index in [4.69, 9.17) is 0 Å². The van der Waals surface area contributed by atoms with Gasteiger partial charge in [-0.1, -0.05) is 37.6 Å². The number of carbonyl (C=O) groups is 2. The molecule has 0 aromatic heterocycles. The van der Waals surface area contributed by atoms with Gasteiger partial charge in [0.1, 0.15) is 0 Å². The highest BCUT2D eigenvalue weighted by Gasteiger charge is 2.60. The van der Waals surface area contributed by atoms with Gasteiger partial charge >= 0.3 is 6.09 Å². The van der Waals surface area contributed by atoms with Crippen LogP contribution in [-0.2, 0) is 16.1 Å². The molecule has 130 valence electrons. The van der Waals surface area contributed by atoms with E-state index in [1.54, 1.807) is 12.1 Å². The van der Waals surface area contributed by atoms with Crippen molar-refractivity contribution in [3.05, 3.63) is 41.5 Å². The third-order valence-electron chi connectivity index (χ3n) is 4.56. The molecule has 5 nitrogen and oxygen atoms in total. The Bertz CT molecular complexity index is 643. The third-order valence-corrected chi connectivity index (χ3v) is 4.56. The number of allylic oxidation sites excluding steroid dienone is 2. The first kappa shape index (κ1) is 18.0. The van der Waals surface area contributed by atoms with Gasteiger partial charge in [0, 0.05) is 12.2 Å². The monoisotopic (exact) mass is 330 g/mol. The Morgan fingerprint density at radius 2 is 1.83 bits per heavy atom. The van der Waals surface area contributed by atoms with Crippen molar-refractivity contribution in [1.29, 1.82) is 0 Å². The molecule has 5 heteroatoms. The van der Waals surface area contributed by atoms with Crippen LogP contribution in [0.4, 0.5) is 10.5 Å². The molecule has 0 unspecified atom stereocenters. The van der Waals surface area contributed by atoms with Gasteiger partial charge in [-0.05, 0) is 42.9 Å². The van der Waals surface area contributed by atoms with E-state index in [1.165, 1.54) is 12.7 Å². The number of hydrogen-bond donors (Lipinski definition) is 2. The number of nitrogens with one attached hydrogen (secondary N) is 2. The van der Waals surface area contributed by atoms with Crippen LogP contribution in [-0.4, -0.2) is 19.1 Å². The minimum Gasteiger partial charge on any atom is -0.453 e. The maximum atomic E-state index is 12.4. The SMILES string of the molecule is COC(=O)Nc1ccc(CNC(=O)[C@@H]2[C@H](C=C(C)C)C2(C)C)cc1. The van der Waals surface area contributed by atoms with Gasteiger partial charge in [-0.3, -0.25) is 10.1 Å². The maximum absolute atomic E-state index is 12.4. The van der Waals surface area contributed by atoms with Crippen molar-refractivity contribution in [2.45, 2.75) is 34.2 Å². The van der Waals surface area contributed by atoms with Gasteiger partial charge < -0.3 is 10.1 Å². The van der Waals surface area contributed by atoms with Gasteiger partial charge in [-0.15, -0.1) is 0 Å². The Morgan fingerprint density at radius 3 is 2.38 bits per heavy atom. The normalized spacial score (nSPS) is 20.7. The highest BCUT2D eigenvalue weighted by Crippen LogP contribution is 2.59. The highest BCUT2D eigenvalue weighted by atomic mass is 16.5. The molecule has 2 atom stereocenters. The molecule has 0 spiro atoms. The zero-order valence-electron chi connectivity index (χ0n) is 15.0. The molecule has 1 aromatic rings. The topological polar surface area (TPSA) is 67.4 Å². The fourth-order valence-electron chi connectivity index (χ4n) is 3.02. The molecule has 0 saturated heterocycles. The molecular weight excluding hydrogens is 304 g/mol. The molecule has 2 rings (SSSR count). The lowest BCUT2D eigenvalue weighted by Gasteiger charge is -2.08. The molecule has 0 aliphatic heterocycles. The number of ether oxygens (including phenoxy) is 1. The van der Waals surface area contributed by atoms with Gasteiger partial charge in [0.2, 0.25) is 5.91 Å². The second-order valence-electron chi connectivity index (χ2n) is 7.10. The molecular formula is C19H26N2O3. The van der Waals surface area contributed by atoms with Crippen LogP contribution in [0, 0.1) is 17.3 Å². The number of benzene rings is 1. The molecule has 1 aliphatic rings. The average Bonchev–Trinajstić information content (AvgIpc) is 3.06. The number of carbonyl (C=O) groups excluding carboxylic acids is 2. The fraction of sp³-hybridized carbons (Fsp3) is 0.474. The number of hydrogen-bond acceptors (Lipinski definition) is 3. The van der Waals surface area contributed by atoms with Gasteiger partial charge in [-0.25, -0.2) is 4.79 Å². The lowest BCUT2D eigenvalue weighted by Crippen LogP contribution is -2.26. The first-order valence-corrected chi connectivity index (χ1v) is 8.12. The van der Waals surface area contributed by atoms with Crippen molar-refractivity contribution in [2.75, 3.05) is 12.4 Å². The molecule has 2 amide bonds. The smallest absolute Gasteiger partial charge is 0.411 e. The molecule has 24 heavy (non-hydrogen) atoms. The lowest BCUT2D eigenvalue weighted by molar-refractivity contribution is -0.123. The van der Waals surface area contributed by atoms with Crippen LogP contribution in [0.1, 0.15) is 33.3 Å². The fourth-order valence-corrected chi connectivity index (χ4v) is 3.02. The summed E-state index contributed by atoms with van der Waals surface area (Å²) < 4.78 is 4.54. The molecule has 1 saturated carbocycles. The Balaban J connectivity index is 1.88. The standard InChI is InChI=1S/C19H26N2O3/c1-12(2)10-15-16(19(15,3)4)17(22)20-11-13-6-8-14(9-7-13)21-18(23)24-5/h6-10,15-16H,11H2,1-5H3,(H,20,22)(H,21,23)/t15-,16-/m0/s1. The van der Waals surface area contributed by atoms with Crippen LogP contribution >= 0.6 is 0 Å². The van der Waals surface area contributed by atoms with Crippen molar-refractivity contribution in [2.24, 2.45) is 17.3 Å². The van der Waals surface area contributed by atoms with E-state index in [2.05, 4.69) is 49.1 Å². The van der Waals surface area contributed by atoms with Crippen molar-refractivity contribution >= 4 is 17.7 Å². The second kappa shape index (κ2) is 7.07. The Morgan fingerprint density at radius 1 is 1.21 bits per heavy atom. The summed E-state index contributed by atoms with van der Waals surface area (Å²) in [5.74, 6) is 0.445. The number of anilines is 1. The molecule has 1 fully saturated rings. The zero-order valence-corrected chi connectivity index (χ0v) is 15.0. The summed E-state index contributed by atoms with van der Waals surface area (Å²) in [4.78, 5) is 23.6. The Hall–Kier alpha value is -2.30. The molecule has 1 aromatic carbocycles. The van der Waals surface area contributed by atoms with Crippen LogP contribution in [0.5, 0.6) is 0 Å². The highest BCUT2D eigenvalue weighted by molar-refractivity contribution is 5.85. The van der Waals surface area contributed by atoms with E-state index in [0.29, 0.717) is 18.2 Å². The van der Waals surface area contributed by atoms with Gasteiger partial charge in [0.15, 0.2) is 0 Å². The number of amides is 2. The van der Waals surface area contributed by atoms with Gasteiger partial charge in [0.05, 0.1) is 13.0 Å². The van der Waals surface area contributed by atoms with Crippen molar-refractivity contribution in [1.82, 2.24) is 5.32 Å². The van der Waals surface area contributed by atoms with E-state index in [0.717, 1.165) is 5.56 Å². The van der Waals surface area contributed by atoms with E-state index in [9.17, 15) is 9.59 Å². The first-order valence-electron chi connectivity index (χ1n) is 8.12. The summed E-state index contributed by atoms with van der Waals surface area (Å²) in [6, 6.07) is 7.31. The van der Waals surface area contributed by atoms with Crippen LogP contribution in [0.2, 0.25) is 0 Å². The average molecular weight is 330 g/mol. The third kappa shape index (κ3) is 4.16. The van der Waals surface area contributed by atoms with Gasteiger partial charge in [0.25, 0.3) is 0 Å². The maximum Gasteiger partial charge on any atom is 0.411 e. The summed E-state index contributed by atoms with van der Waals surface area (Å²) in [5.41, 5.74) is 2.91. The minimum atomic E-state index is -0.502. The van der Waals surface area contributed by atoms with E-state index < -0.39 is 6.09 Å². The largest absolute Gasteiger partial charge is 0.453 e. The number of methoxy groups -OCH3 is 1. The predicted molar refractivity (Wildman–Crippen MR) is 94.5 cm³/mol.